The van der Waals surface area contributed by atoms with Crippen molar-refractivity contribution in [2.45, 2.75) is 31.2 Å². The van der Waals surface area contributed by atoms with Crippen LogP contribution in [-0.4, -0.2) is 25.8 Å². The first kappa shape index (κ1) is 15.1. The van der Waals surface area contributed by atoms with Crippen LogP contribution in [0.1, 0.15) is 23.6 Å². The molecule has 0 bridgehead atoms. The summed E-state index contributed by atoms with van der Waals surface area (Å²) >= 11 is 1.70. The molecule has 0 spiro atoms. The van der Waals surface area contributed by atoms with Crippen LogP contribution in [0.3, 0.4) is 0 Å². The maximum atomic E-state index is 4.89. The van der Waals surface area contributed by atoms with Gasteiger partial charge in [-0.1, -0.05) is 65.9 Å². The smallest absolute Gasteiger partial charge is 0.186 e. The number of aryl methyl sites for hydroxylation is 2. The van der Waals surface area contributed by atoms with E-state index in [2.05, 4.69) is 67.4 Å². The van der Waals surface area contributed by atoms with Gasteiger partial charge in [0.05, 0.1) is 11.0 Å². The van der Waals surface area contributed by atoms with Crippen molar-refractivity contribution < 1.29 is 0 Å². The van der Waals surface area contributed by atoms with E-state index < -0.39 is 0 Å². The van der Waals surface area contributed by atoms with Crippen LogP contribution in [-0.2, 0) is 0 Å². The topological polar surface area (TPSA) is 43.1 Å². The molecule has 0 radical (unpaired) electrons. The van der Waals surface area contributed by atoms with E-state index in [0.717, 1.165) is 27.8 Å². The van der Waals surface area contributed by atoms with Crippen LogP contribution >= 0.6 is 11.8 Å². The monoisotopic (exact) mass is 334 g/mol. The molecule has 1 aromatic heterocycles. The van der Waals surface area contributed by atoms with Crippen LogP contribution < -0.4 is 0 Å². The molecular formula is C19H18N4S. The minimum atomic E-state index is 0.245. The lowest BCUT2D eigenvalue weighted by atomic mass is 10.1. The first-order valence-corrected chi connectivity index (χ1v) is 8.85. The normalized spacial score (nSPS) is 16.6. The number of benzene rings is 2. The van der Waals surface area contributed by atoms with Crippen molar-refractivity contribution in [2.75, 3.05) is 0 Å². The van der Waals surface area contributed by atoms with Gasteiger partial charge in [-0.25, -0.2) is 0 Å². The number of thioether (sulfide) groups is 1. The Hall–Kier alpha value is -2.40. The van der Waals surface area contributed by atoms with Crippen molar-refractivity contribution >= 4 is 17.5 Å². The predicted octanol–water partition coefficient (Wildman–Crippen LogP) is 4.31. The molecule has 0 fully saturated rings. The van der Waals surface area contributed by atoms with Crippen molar-refractivity contribution in [3.05, 3.63) is 65.2 Å². The lowest BCUT2D eigenvalue weighted by Crippen LogP contribution is -2.21. The molecular weight excluding hydrogens is 316 g/mol. The van der Waals surface area contributed by atoms with Gasteiger partial charge in [0.25, 0.3) is 0 Å². The molecule has 120 valence electrons. The lowest BCUT2D eigenvalue weighted by molar-refractivity contribution is 0.754. The molecule has 24 heavy (non-hydrogen) atoms. The van der Waals surface area contributed by atoms with E-state index in [-0.39, 0.29) is 5.25 Å². The van der Waals surface area contributed by atoms with Gasteiger partial charge in [0.15, 0.2) is 5.82 Å². The zero-order chi connectivity index (χ0) is 16.7. The molecule has 4 nitrogen and oxygen atoms in total. The molecule has 0 aliphatic carbocycles. The molecule has 1 aliphatic heterocycles. The van der Waals surface area contributed by atoms with Crippen LogP contribution in [0.25, 0.3) is 11.4 Å². The summed E-state index contributed by atoms with van der Waals surface area (Å²) in [5.41, 5.74) is 5.70. The van der Waals surface area contributed by atoms with Crippen LogP contribution in [0.2, 0.25) is 0 Å². The van der Waals surface area contributed by atoms with Crippen LogP contribution in [0.5, 0.6) is 0 Å². The van der Waals surface area contributed by atoms with Gasteiger partial charge in [0.1, 0.15) is 0 Å². The fourth-order valence-corrected chi connectivity index (χ4v) is 3.77. The second-order valence-electron chi connectivity index (χ2n) is 6.04. The van der Waals surface area contributed by atoms with Gasteiger partial charge in [-0.15, -0.1) is 10.2 Å². The molecule has 3 aromatic rings. The maximum absolute atomic E-state index is 4.89. The molecule has 4 rings (SSSR count). The largest absolute Gasteiger partial charge is 0.213 e. The first-order valence-electron chi connectivity index (χ1n) is 7.97. The summed E-state index contributed by atoms with van der Waals surface area (Å²) in [4.78, 5) is 0. The van der Waals surface area contributed by atoms with E-state index in [1.54, 1.807) is 11.8 Å². The van der Waals surface area contributed by atoms with Gasteiger partial charge in [0, 0.05) is 5.56 Å². The van der Waals surface area contributed by atoms with E-state index in [1.807, 2.05) is 16.8 Å². The Morgan fingerprint density at radius 1 is 0.958 bits per heavy atom. The van der Waals surface area contributed by atoms with Crippen LogP contribution in [0, 0.1) is 13.8 Å². The maximum Gasteiger partial charge on any atom is 0.213 e. The molecule has 2 heterocycles. The van der Waals surface area contributed by atoms with Gasteiger partial charge in [0.2, 0.25) is 5.16 Å². The highest BCUT2D eigenvalue weighted by Gasteiger charge is 2.26. The van der Waals surface area contributed by atoms with Crippen molar-refractivity contribution in [3.63, 3.8) is 0 Å². The second-order valence-corrected chi connectivity index (χ2v) is 7.35. The third-order valence-electron chi connectivity index (χ3n) is 4.22. The van der Waals surface area contributed by atoms with Gasteiger partial charge < -0.3 is 0 Å². The Kier molecular flexibility index (Phi) is 3.73. The summed E-state index contributed by atoms with van der Waals surface area (Å²) in [6.45, 7) is 6.34. The summed E-state index contributed by atoms with van der Waals surface area (Å²) in [6.07, 6.45) is 0. The van der Waals surface area contributed by atoms with Gasteiger partial charge >= 0.3 is 0 Å². The van der Waals surface area contributed by atoms with E-state index in [9.17, 15) is 0 Å². The number of hydrogen-bond donors (Lipinski definition) is 0. The Morgan fingerprint density at radius 2 is 1.71 bits per heavy atom. The predicted molar refractivity (Wildman–Crippen MR) is 98.6 cm³/mol. The summed E-state index contributed by atoms with van der Waals surface area (Å²) in [6, 6.07) is 16.7. The lowest BCUT2D eigenvalue weighted by Gasteiger charge is -2.20. The Bertz CT molecular complexity index is 925. The fraction of sp³-hybridized carbons (Fsp3) is 0.211. The Balaban J connectivity index is 1.85. The van der Waals surface area contributed by atoms with Crippen LogP contribution in [0.15, 0.2) is 58.8 Å². The quantitative estimate of drug-likeness (QED) is 0.701. The minimum Gasteiger partial charge on any atom is -0.186 e. The second kappa shape index (κ2) is 5.91. The third-order valence-corrected chi connectivity index (χ3v) is 5.26. The minimum absolute atomic E-state index is 0.245. The molecule has 5 heteroatoms. The molecule has 0 N–H and O–H groups in total. The average Bonchev–Trinajstić information content (AvgIpc) is 2.98. The average molecular weight is 334 g/mol. The number of rotatable bonds is 2. The zero-order valence-electron chi connectivity index (χ0n) is 13.9. The fourth-order valence-electron chi connectivity index (χ4n) is 2.84. The van der Waals surface area contributed by atoms with E-state index in [1.165, 1.54) is 11.1 Å². The molecule has 0 saturated heterocycles. The van der Waals surface area contributed by atoms with Gasteiger partial charge in [-0.3, -0.25) is 0 Å². The standard InChI is InChI=1S/C19H18N4S/c1-12-8-10-15(11-9-12)17-14(3)24-19-21-20-18(23(19)22-17)16-7-5-4-6-13(16)2/h4-11,14H,1-3H3/t14-/m0/s1. The van der Waals surface area contributed by atoms with Crippen molar-refractivity contribution in [1.82, 2.24) is 14.9 Å². The van der Waals surface area contributed by atoms with Crippen molar-refractivity contribution in [3.8, 4) is 11.4 Å². The summed E-state index contributed by atoms with van der Waals surface area (Å²) in [5, 5.41) is 14.7. The third kappa shape index (κ3) is 2.55. The van der Waals surface area contributed by atoms with Crippen LogP contribution in [0.4, 0.5) is 0 Å². The van der Waals surface area contributed by atoms with E-state index >= 15 is 0 Å². The van der Waals surface area contributed by atoms with Gasteiger partial charge in [-0.05, 0) is 31.9 Å². The molecule has 2 aromatic carbocycles. The zero-order valence-corrected chi connectivity index (χ0v) is 14.7. The molecule has 1 aliphatic rings. The Labute approximate surface area is 145 Å². The highest BCUT2D eigenvalue weighted by atomic mass is 32.2. The van der Waals surface area contributed by atoms with Crippen molar-refractivity contribution in [2.24, 2.45) is 5.10 Å². The van der Waals surface area contributed by atoms with Gasteiger partial charge in [-0.2, -0.15) is 9.78 Å². The molecule has 0 amide bonds. The molecule has 0 saturated carbocycles. The summed E-state index contributed by atoms with van der Waals surface area (Å²) in [5.74, 6) is 0.798. The molecule has 0 unspecified atom stereocenters. The van der Waals surface area contributed by atoms with E-state index in [0.29, 0.717) is 0 Å². The number of fused-ring (bicyclic) bond motifs is 1. The highest BCUT2D eigenvalue weighted by Crippen LogP contribution is 2.33. The number of aromatic nitrogens is 3. The molecule has 1 atom stereocenters. The van der Waals surface area contributed by atoms with Crippen molar-refractivity contribution in [1.29, 1.82) is 0 Å². The number of nitrogens with zero attached hydrogens (tertiary/aromatic N) is 4. The first-order chi connectivity index (χ1) is 11.6. The SMILES string of the molecule is Cc1ccc(C2=Nn3c(nnc3-c3ccccc3C)S[C@H]2C)cc1. The summed E-state index contributed by atoms with van der Waals surface area (Å²) < 4.78 is 1.88. The summed E-state index contributed by atoms with van der Waals surface area (Å²) in [7, 11) is 0. The number of hydrogen-bond acceptors (Lipinski definition) is 4. The van der Waals surface area contributed by atoms with E-state index in [4.69, 9.17) is 5.10 Å². The Morgan fingerprint density at radius 3 is 2.46 bits per heavy atom. The highest BCUT2D eigenvalue weighted by molar-refractivity contribution is 8.00.